The Morgan fingerprint density at radius 2 is 1.95 bits per heavy atom. The largest absolute Gasteiger partial charge is 0.464 e. The molecule has 0 fully saturated rings. The number of nitrogens with zero attached hydrogens (tertiary/aromatic N) is 2. The smallest absolute Gasteiger partial charge is 0.148 e. The molecule has 19 heavy (non-hydrogen) atoms. The van der Waals surface area contributed by atoms with E-state index in [4.69, 9.17) is 10.2 Å². The highest BCUT2D eigenvalue weighted by Gasteiger charge is 2.19. The molecule has 2 heterocycles. The third-order valence-electron chi connectivity index (χ3n) is 2.99. The lowest BCUT2D eigenvalue weighted by molar-refractivity contribution is 0.514. The number of nitrogens with two attached hydrogens (primary N) is 1. The average molecular weight is 253 g/mol. The van der Waals surface area contributed by atoms with Crippen LogP contribution in [0, 0.1) is 0 Å². The van der Waals surface area contributed by atoms with Crippen molar-refractivity contribution in [1.82, 2.24) is 9.97 Å². The van der Waals surface area contributed by atoms with Crippen LogP contribution in [-0.2, 0) is 5.54 Å². The summed E-state index contributed by atoms with van der Waals surface area (Å²) in [7, 11) is 0. The summed E-state index contributed by atoms with van der Waals surface area (Å²) in [6, 6.07) is 9.75. The van der Waals surface area contributed by atoms with Crippen LogP contribution in [0.1, 0.15) is 19.7 Å². The summed E-state index contributed by atoms with van der Waals surface area (Å²) in [4.78, 5) is 8.77. The third-order valence-corrected chi connectivity index (χ3v) is 2.99. The summed E-state index contributed by atoms with van der Waals surface area (Å²) in [6.07, 6.45) is 3.45. The molecule has 3 rings (SSSR count). The number of benzene rings is 1. The minimum absolute atomic E-state index is 0.560. The Kier molecular flexibility index (Phi) is 2.61. The van der Waals surface area contributed by atoms with E-state index in [-0.39, 0.29) is 0 Å². The van der Waals surface area contributed by atoms with E-state index in [0.29, 0.717) is 5.82 Å². The molecule has 0 bridgehead atoms. The van der Waals surface area contributed by atoms with Gasteiger partial charge in [0.1, 0.15) is 17.7 Å². The SMILES string of the molecule is CC(C)(N)c1nccc(-c2coc3ccccc23)n1. The van der Waals surface area contributed by atoms with Crippen molar-refractivity contribution in [3.8, 4) is 11.3 Å². The second kappa shape index (κ2) is 4.17. The van der Waals surface area contributed by atoms with E-state index in [1.807, 2.05) is 44.2 Å². The van der Waals surface area contributed by atoms with Crippen molar-refractivity contribution in [2.75, 3.05) is 0 Å². The fraction of sp³-hybridized carbons (Fsp3) is 0.200. The van der Waals surface area contributed by atoms with Crippen molar-refractivity contribution < 1.29 is 4.42 Å². The fourth-order valence-electron chi connectivity index (χ4n) is 2.00. The highest BCUT2D eigenvalue weighted by Crippen LogP contribution is 2.29. The number of rotatable bonds is 2. The Bertz CT molecular complexity index is 725. The number of hydrogen-bond donors (Lipinski definition) is 1. The van der Waals surface area contributed by atoms with Gasteiger partial charge in [-0.15, -0.1) is 0 Å². The third kappa shape index (κ3) is 2.11. The molecule has 3 aromatic rings. The maximum absolute atomic E-state index is 6.04. The summed E-state index contributed by atoms with van der Waals surface area (Å²) in [6.45, 7) is 3.78. The Balaban J connectivity index is 2.17. The van der Waals surface area contributed by atoms with Gasteiger partial charge in [-0.1, -0.05) is 18.2 Å². The quantitative estimate of drug-likeness (QED) is 0.762. The van der Waals surface area contributed by atoms with E-state index >= 15 is 0 Å². The highest BCUT2D eigenvalue weighted by atomic mass is 16.3. The lowest BCUT2D eigenvalue weighted by atomic mass is 10.1. The maximum Gasteiger partial charge on any atom is 0.148 e. The zero-order valence-corrected chi connectivity index (χ0v) is 10.9. The van der Waals surface area contributed by atoms with E-state index < -0.39 is 5.54 Å². The van der Waals surface area contributed by atoms with Crippen molar-refractivity contribution in [2.45, 2.75) is 19.4 Å². The van der Waals surface area contributed by atoms with E-state index in [2.05, 4.69) is 9.97 Å². The number of para-hydroxylation sites is 1. The molecular weight excluding hydrogens is 238 g/mol. The van der Waals surface area contributed by atoms with E-state index in [1.54, 1.807) is 12.5 Å². The van der Waals surface area contributed by atoms with Crippen LogP contribution in [0.3, 0.4) is 0 Å². The number of aromatic nitrogens is 2. The van der Waals surface area contributed by atoms with Crippen molar-refractivity contribution in [1.29, 1.82) is 0 Å². The van der Waals surface area contributed by atoms with Crippen LogP contribution in [0.15, 0.2) is 47.2 Å². The normalized spacial score (nSPS) is 11.9. The van der Waals surface area contributed by atoms with E-state index in [9.17, 15) is 0 Å². The molecule has 0 atom stereocenters. The molecular formula is C15H15N3O. The first-order valence-corrected chi connectivity index (χ1v) is 6.15. The van der Waals surface area contributed by atoms with E-state index in [0.717, 1.165) is 22.2 Å². The van der Waals surface area contributed by atoms with Gasteiger partial charge < -0.3 is 10.2 Å². The van der Waals surface area contributed by atoms with Gasteiger partial charge in [-0.25, -0.2) is 9.97 Å². The first-order valence-electron chi connectivity index (χ1n) is 6.15. The first-order chi connectivity index (χ1) is 9.05. The molecule has 0 aliphatic rings. The van der Waals surface area contributed by atoms with Gasteiger partial charge in [0.05, 0.1) is 11.2 Å². The van der Waals surface area contributed by atoms with Gasteiger partial charge in [0.2, 0.25) is 0 Å². The average Bonchev–Trinajstić information content (AvgIpc) is 2.82. The molecule has 1 aromatic carbocycles. The zero-order valence-electron chi connectivity index (χ0n) is 10.9. The van der Waals surface area contributed by atoms with E-state index in [1.165, 1.54) is 0 Å². The van der Waals surface area contributed by atoms with Gasteiger partial charge >= 0.3 is 0 Å². The number of furan rings is 1. The van der Waals surface area contributed by atoms with Crippen LogP contribution in [0.4, 0.5) is 0 Å². The molecule has 0 spiro atoms. The molecule has 4 heteroatoms. The first kappa shape index (κ1) is 11.9. The van der Waals surface area contributed by atoms with Gasteiger partial charge in [0.15, 0.2) is 0 Å². The molecule has 0 aliphatic heterocycles. The molecule has 4 nitrogen and oxygen atoms in total. The van der Waals surface area contributed by atoms with Gasteiger partial charge in [0.25, 0.3) is 0 Å². The Morgan fingerprint density at radius 3 is 2.74 bits per heavy atom. The lowest BCUT2D eigenvalue weighted by Crippen LogP contribution is -2.31. The molecule has 96 valence electrons. The Hall–Kier alpha value is -2.20. The second-order valence-electron chi connectivity index (χ2n) is 5.13. The minimum atomic E-state index is -0.560. The monoisotopic (exact) mass is 253 g/mol. The minimum Gasteiger partial charge on any atom is -0.464 e. The van der Waals surface area contributed by atoms with Crippen molar-refractivity contribution in [3.05, 3.63) is 48.6 Å². The van der Waals surface area contributed by atoms with Crippen molar-refractivity contribution in [2.24, 2.45) is 5.73 Å². The summed E-state index contributed by atoms with van der Waals surface area (Å²) < 4.78 is 5.54. The molecule has 0 amide bonds. The fourth-order valence-corrected chi connectivity index (χ4v) is 2.00. The summed E-state index contributed by atoms with van der Waals surface area (Å²) in [5, 5.41) is 1.04. The molecule has 0 aliphatic carbocycles. The van der Waals surface area contributed by atoms with Gasteiger partial charge in [-0.2, -0.15) is 0 Å². The van der Waals surface area contributed by atoms with Crippen LogP contribution < -0.4 is 5.73 Å². The molecule has 0 saturated heterocycles. The van der Waals surface area contributed by atoms with Crippen LogP contribution in [0.25, 0.3) is 22.2 Å². The lowest BCUT2D eigenvalue weighted by Gasteiger charge is -2.16. The van der Waals surface area contributed by atoms with Crippen LogP contribution in [0.2, 0.25) is 0 Å². The standard InChI is InChI=1S/C15H15N3O/c1-15(2,16)14-17-8-7-12(18-14)11-9-19-13-6-4-3-5-10(11)13/h3-9H,16H2,1-2H3. The molecule has 0 radical (unpaired) electrons. The van der Waals surface area contributed by atoms with Gasteiger partial charge in [-0.3, -0.25) is 0 Å². The summed E-state index contributed by atoms with van der Waals surface area (Å²) >= 11 is 0. The zero-order chi connectivity index (χ0) is 13.5. The summed E-state index contributed by atoms with van der Waals surface area (Å²) in [5.74, 6) is 0.621. The Labute approximate surface area is 111 Å². The molecule has 2 N–H and O–H groups in total. The maximum atomic E-state index is 6.04. The van der Waals surface area contributed by atoms with Crippen molar-refractivity contribution in [3.63, 3.8) is 0 Å². The van der Waals surface area contributed by atoms with Crippen molar-refractivity contribution >= 4 is 11.0 Å². The van der Waals surface area contributed by atoms with Crippen LogP contribution in [0.5, 0.6) is 0 Å². The van der Waals surface area contributed by atoms with Crippen LogP contribution >= 0.6 is 0 Å². The second-order valence-corrected chi connectivity index (χ2v) is 5.13. The number of fused-ring (bicyclic) bond motifs is 1. The summed E-state index contributed by atoms with van der Waals surface area (Å²) in [5.41, 5.74) is 8.12. The van der Waals surface area contributed by atoms with Gasteiger partial charge in [0, 0.05) is 17.1 Å². The predicted molar refractivity (Wildman–Crippen MR) is 74.5 cm³/mol. The highest BCUT2D eigenvalue weighted by molar-refractivity contribution is 5.92. The number of hydrogen-bond acceptors (Lipinski definition) is 4. The predicted octanol–water partition coefficient (Wildman–Crippen LogP) is 3.08. The molecule has 0 saturated carbocycles. The molecule has 2 aromatic heterocycles. The molecule has 0 unspecified atom stereocenters. The van der Waals surface area contributed by atoms with Gasteiger partial charge in [-0.05, 0) is 26.0 Å². The van der Waals surface area contributed by atoms with Crippen LogP contribution in [-0.4, -0.2) is 9.97 Å². The topological polar surface area (TPSA) is 64.9 Å². The Morgan fingerprint density at radius 1 is 1.16 bits per heavy atom.